The van der Waals surface area contributed by atoms with Gasteiger partial charge in [-0.05, 0) is 42.7 Å². The molecule has 2 aromatic rings. The molecule has 3 rings (SSSR count). The molecule has 0 atom stereocenters. The van der Waals surface area contributed by atoms with Crippen LogP contribution in [0.3, 0.4) is 0 Å². The summed E-state index contributed by atoms with van der Waals surface area (Å²) in [7, 11) is 1.73. The number of rotatable bonds is 5. The number of nitrogens with one attached hydrogen (secondary N) is 2. The second kappa shape index (κ2) is 8.23. The molecule has 1 aromatic carbocycles. The van der Waals surface area contributed by atoms with Gasteiger partial charge in [-0.3, -0.25) is 9.69 Å². The van der Waals surface area contributed by atoms with Crippen LogP contribution >= 0.6 is 0 Å². The topological polar surface area (TPSA) is 57.3 Å². The lowest BCUT2D eigenvalue weighted by atomic mass is 10.0. The lowest BCUT2D eigenvalue weighted by Gasteiger charge is -2.32. The quantitative estimate of drug-likeness (QED) is 0.861. The molecule has 138 valence electrons. The summed E-state index contributed by atoms with van der Waals surface area (Å²) in [6.07, 6.45) is 3.26. The Balaban J connectivity index is 1.52. The lowest BCUT2D eigenvalue weighted by Crippen LogP contribution is -2.44. The van der Waals surface area contributed by atoms with Crippen LogP contribution in [-0.2, 0) is 6.54 Å². The Hall–Kier alpha value is -2.54. The van der Waals surface area contributed by atoms with Gasteiger partial charge >= 0.3 is 0 Å². The van der Waals surface area contributed by atoms with E-state index in [2.05, 4.69) is 20.5 Å². The molecule has 0 spiro atoms. The SMILES string of the molecule is CNc1ncccc1C(=O)NC1CCN(Cc2ccc(F)c(F)c2)CC1. The molecule has 0 aliphatic carbocycles. The molecule has 0 bridgehead atoms. The molecule has 1 amide bonds. The van der Waals surface area contributed by atoms with Crippen LogP contribution < -0.4 is 10.6 Å². The number of nitrogens with zero attached hydrogens (tertiary/aromatic N) is 2. The first-order valence-corrected chi connectivity index (χ1v) is 8.66. The zero-order valence-electron chi connectivity index (χ0n) is 14.6. The number of piperidine rings is 1. The summed E-state index contributed by atoms with van der Waals surface area (Å²) in [5.41, 5.74) is 1.28. The highest BCUT2D eigenvalue weighted by molar-refractivity contribution is 5.98. The number of benzene rings is 1. The van der Waals surface area contributed by atoms with E-state index in [-0.39, 0.29) is 11.9 Å². The first kappa shape index (κ1) is 18.3. The van der Waals surface area contributed by atoms with E-state index in [0.29, 0.717) is 17.9 Å². The lowest BCUT2D eigenvalue weighted by molar-refractivity contribution is 0.0909. The normalized spacial score (nSPS) is 15.7. The van der Waals surface area contributed by atoms with Gasteiger partial charge in [-0.25, -0.2) is 13.8 Å². The minimum Gasteiger partial charge on any atom is -0.372 e. The van der Waals surface area contributed by atoms with Crippen LogP contribution in [0, 0.1) is 11.6 Å². The predicted octanol–water partition coefficient (Wildman–Crippen LogP) is 2.80. The minimum atomic E-state index is -0.827. The summed E-state index contributed by atoms with van der Waals surface area (Å²) < 4.78 is 26.3. The Bertz CT molecular complexity index is 776. The molecule has 1 aliphatic rings. The van der Waals surface area contributed by atoms with E-state index in [4.69, 9.17) is 0 Å². The first-order chi connectivity index (χ1) is 12.6. The van der Waals surface area contributed by atoms with Crippen LogP contribution in [0.2, 0.25) is 0 Å². The molecule has 0 radical (unpaired) electrons. The molecule has 1 aromatic heterocycles. The smallest absolute Gasteiger partial charge is 0.255 e. The Kier molecular flexibility index (Phi) is 5.78. The Labute approximate surface area is 151 Å². The zero-order valence-corrected chi connectivity index (χ0v) is 14.6. The molecule has 7 heteroatoms. The highest BCUT2D eigenvalue weighted by Crippen LogP contribution is 2.17. The van der Waals surface area contributed by atoms with Gasteiger partial charge in [0.25, 0.3) is 5.91 Å². The van der Waals surface area contributed by atoms with Crippen molar-refractivity contribution in [2.45, 2.75) is 25.4 Å². The molecule has 1 aliphatic heterocycles. The number of amides is 1. The Morgan fingerprint density at radius 3 is 2.69 bits per heavy atom. The van der Waals surface area contributed by atoms with E-state index in [1.165, 1.54) is 6.07 Å². The van der Waals surface area contributed by atoms with Crippen LogP contribution in [0.25, 0.3) is 0 Å². The third-order valence-corrected chi connectivity index (χ3v) is 4.60. The van der Waals surface area contributed by atoms with Gasteiger partial charge in [-0.1, -0.05) is 6.07 Å². The predicted molar refractivity (Wildman–Crippen MR) is 95.9 cm³/mol. The van der Waals surface area contributed by atoms with Crippen molar-refractivity contribution < 1.29 is 13.6 Å². The molecule has 1 saturated heterocycles. The van der Waals surface area contributed by atoms with Crippen LogP contribution in [0.15, 0.2) is 36.5 Å². The number of pyridine rings is 1. The largest absolute Gasteiger partial charge is 0.372 e. The average molecular weight is 360 g/mol. The van der Waals surface area contributed by atoms with Crippen molar-refractivity contribution >= 4 is 11.7 Å². The van der Waals surface area contributed by atoms with Crippen molar-refractivity contribution in [1.82, 2.24) is 15.2 Å². The van der Waals surface area contributed by atoms with Crippen molar-refractivity contribution in [2.75, 3.05) is 25.5 Å². The summed E-state index contributed by atoms with van der Waals surface area (Å²) in [5.74, 6) is -1.23. The number of aromatic nitrogens is 1. The summed E-state index contributed by atoms with van der Waals surface area (Å²) in [6, 6.07) is 7.57. The summed E-state index contributed by atoms with van der Waals surface area (Å²) in [5, 5.41) is 5.97. The van der Waals surface area contributed by atoms with Crippen molar-refractivity contribution in [2.24, 2.45) is 0 Å². The second-order valence-corrected chi connectivity index (χ2v) is 6.42. The van der Waals surface area contributed by atoms with E-state index in [1.807, 2.05) is 0 Å². The number of carbonyl (C=O) groups is 1. The fraction of sp³-hybridized carbons (Fsp3) is 0.368. The van der Waals surface area contributed by atoms with Gasteiger partial charge in [0, 0.05) is 38.9 Å². The fourth-order valence-corrected chi connectivity index (χ4v) is 3.18. The molecule has 0 saturated carbocycles. The molecule has 1 fully saturated rings. The summed E-state index contributed by atoms with van der Waals surface area (Å²) in [6.45, 7) is 2.15. The van der Waals surface area contributed by atoms with Crippen LogP contribution in [0.5, 0.6) is 0 Å². The van der Waals surface area contributed by atoms with Crippen LogP contribution in [0.1, 0.15) is 28.8 Å². The van der Waals surface area contributed by atoms with Gasteiger partial charge in [-0.2, -0.15) is 0 Å². The number of carbonyl (C=O) groups excluding carboxylic acids is 1. The van der Waals surface area contributed by atoms with E-state index < -0.39 is 11.6 Å². The van der Waals surface area contributed by atoms with Gasteiger partial charge in [0.1, 0.15) is 5.82 Å². The second-order valence-electron chi connectivity index (χ2n) is 6.42. The van der Waals surface area contributed by atoms with Gasteiger partial charge in [0.2, 0.25) is 0 Å². The molecular formula is C19H22F2N4O. The summed E-state index contributed by atoms with van der Waals surface area (Å²) in [4.78, 5) is 18.8. The van der Waals surface area contributed by atoms with E-state index in [1.54, 1.807) is 31.4 Å². The number of hydrogen-bond acceptors (Lipinski definition) is 4. The first-order valence-electron chi connectivity index (χ1n) is 8.66. The molecule has 5 nitrogen and oxygen atoms in total. The molecular weight excluding hydrogens is 338 g/mol. The Morgan fingerprint density at radius 2 is 2.00 bits per heavy atom. The van der Waals surface area contributed by atoms with E-state index >= 15 is 0 Å². The van der Waals surface area contributed by atoms with E-state index in [0.717, 1.165) is 37.6 Å². The third kappa shape index (κ3) is 4.35. The Morgan fingerprint density at radius 1 is 1.23 bits per heavy atom. The fourth-order valence-electron chi connectivity index (χ4n) is 3.18. The van der Waals surface area contributed by atoms with Crippen molar-refractivity contribution in [3.8, 4) is 0 Å². The number of anilines is 1. The average Bonchev–Trinajstić information content (AvgIpc) is 2.66. The van der Waals surface area contributed by atoms with Crippen LogP contribution in [-0.4, -0.2) is 42.0 Å². The highest BCUT2D eigenvalue weighted by Gasteiger charge is 2.22. The molecule has 2 heterocycles. The maximum Gasteiger partial charge on any atom is 0.255 e. The molecule has 0 unspecified atom stereocenters. The van der Waals surface area contributed by atoms with Crippen molar-refractivity contribution in [3.05, 3.63) is 59.3 Å². The number of likely N-dealkylation sites (tertiary alicyclic amines) is 1. The van der Waals surface area contributed by atoms with Gasteiger partial charge in [-0.15, -0.1) is 0 Å². The van der Waals surface area contributed by atoms with E-state index in [9.17, 15) is 13.6 Å². The van der Waals surface area contributed by atoms with Gasteiger partial charge in [0.15, 0.2) is 11.6 Å². The standard InChI is InChI=1S/C19H22F2N4O/c1-22-18-15(3-2-8-23-18)19(26)24-14-6-9-25(10-7-14)12-13-4-5-16(20)17(21)11-13/h2-5,8,11,14H,6-7,9-10,12H2,1H3,(H,22,23)(H,24,26). The monoisotopic (exact) mass is 360 g/mol. The van der Waals surface area contributed by atoms with Crippen LogP contribution in [0.4, 0.5) is 14.6 Å². The van der Waals surface area contributed by atoms with Gasteiger partial charge < -0.3 is 10.6 Å². The minimum absolute atomic E-state index is 0.0913. The van der Waals surface area contributed by atoms with Crippen molar-refractivity contribution in [3.63, 3.8) is 0 Å². The third-order valence-electron chi connectivity index (χ3n) is 4.60. The summed E-state index contributed by atoms with van der Waals surface area (Å²) >= 11 is 0. The number of hydrogen-bond donors (Lipinski definition) is 2. The number of halogens is 2. The molecule has 2 N–H and O–H groups in total. The van der Waals surface area contributed by atoms with Crippen molar-refractivity contribution in [1.29, 1.82) is 0 Å². The maximum absolute atomic E-state index is 13.3. The molecule has 26 heavy (non-hydrogen) atoms. The maximum atomic E-state index is 13.3. The van der Waals surface area contributed by atoms with Gasteiger partial charge in [0.05, 0.1) is 5.56 Å². The zero-order chi connectivity index (χ0) is 18.5. The highest BCUT2D eigenvalue weighted by atomic mass is 19.2.